The summed E-state index contributed by atoms with van der Waals surface area (Å²) in [6.07, 6.45) is 1.73. The van der Waals surface area contributed by atoms with Gasteiger partial charge >= 0.3 is 0 Å². The van der Waals surface area contributed by atoms with E-state index >= 15 is 0 Å². The number of nitrogens with two attached hydrogens (primary N) is 1. The van der Waals surface area contributed by atoms with Gasteiger partial charge in [-0.25, -0.2) is 4.98 Å². The van der Waals surface area contributed by atoms with E-state index in [2.05, 4.69) is 10.1 Å². The number of benzene rings is 1. The number of hydrogen-bond donors (Lipinski definition) is 1. The molecule has 6 heteroatoms. The van der Waals surface area contributed by atoms with Crippen molar-refractivity contribution in [3.63, 3.8) is 0 Å². The summed E-state index contributed by atoms with van der Waals surface area (Å²) in [4.78, 5) is 4.40. The molecule has 2 aromatic heterocycles. The van der Waals surface area contributed by atoms with Crippen LogP contribution in [0.3, 0.4) is 0 Å². The standard InChI is InChI=1S/C12H11ClN4O/c1-6-7(5-15-17(6)2)12-16-10-3-8(13)9(14)4-11(10)18-12/h3-5H,14H2,1-2H3. The SMILES string of the molecule is Cc1c(-c2nc3cc(Cl)c(N)cc3o2)cnn1C. The van der Waals surface area contributed by atoms with Crippen LogP contribution in [-0.2, 0) is 7.05 Å². The van der Waals surface area contributed by atoms with Gasteiger partial charge in [-0.1, -0.05) is 11.6 Å². The molecule has 3 rings (SSSR count). The fourth-order valence-corrected chi connectivity index (χ4v) is 1.95. The minimum absolute atomic E-state index is 0.477. The number of oxazole rings is 1. The van der Waals surface area contributed by atoms with E-state index in [9.17, 15) is 0 Å². The molecule has 3 aromatic rings. The fourth-order valence-electron chi connectivity index (χ4n) is 1.79. The molecule has 0 saturated carbocycles. The van der Waals surface area contributed by atoms with Crippen molar-refractivity contribution in [2.24, 2.45) is 7.05 Å². The Morgan fingerprint density at radius 3 is 2.83 bits per heavy atom. The minimum atomic E-state index is 0.477. The van der Waals surface area contributed by atoms with Gasteiger partial charge in [0.15, 0.2) is 5.58 Å². The smallest absolute Gasteiger partial charge is 0.230 e. The maximum absolute atomic E-state index is 5.96. The van der Waals surface area contributed by atoms with Crippen LogP contribution in [0, 0.1) is 6.92 Å². The van der Waals surface area contributed by atoms with Crippen molar-refractivity contribution in [2.45, 2.75) is 6.92 Å². The van der Waals surface area contributed by atoms with Crippen LogP contribution in [0.2, 0.25) is 5.02 Å². The van der Waals surface area contributed by atoms with Gasteiger partial charge < -0.3 is 10.2 Å². The van der Waals surface area contributed by atoms with Gasteiger partial charge in [0.25, 0.3) is 0 Å². The van der Waals surface area contributed by atoms with Gasteiger partial charge in [-0.2, -0.15) is 5.10 Å². The molecule has 0 amide bonds. The summed E-state index contributed by atoms with van der Waals surface area (Å²) < 4.78 is 7.45. The zero-order chi connectivity index (χ0) is 12.9. The first kappa shape index (κ1) is 11.1. The van der Waals surface area contributed by atoms with E-state index in [1.54, 1.807) is 23.0 Å². The van der Waals surface area contributed by atoms with Crippen molar-refractivity contribution in [3.8, 4) is 11.5 Å². The van der Waals surface area contributed by atoms with E-state index in [4.69, 9.17) is 21.8 Å². The van der Waals surface area contributed by atoms with Gasteiger partial charge in [0, 0.05) is 18.8 Å². The van der Waals surface area contributed by atoms with Crippen molar-refractivity contribution in [1.82, 2.24) is 14.8 Å². The van der Waals surface area contributed by atoms with Crippen LogP contribution in [0.1, 0.15) is 5.69 Å². The van der Waals surface area contributed by atoms with E-state index in [1.165, 1.54) is 0 Å². The van der Waals surface area contributed by atoms with Crippen molar-refractivity contribution < 1.29 is 4.42 Å². The molecular weight excluding hydrogens is 252 g/mol. The second kappa shape index (κ2) is 3.74. The maximum atomic E-state index is 5.96. The molecule has 0 atom stereocenters. The topological polar surface area (TPSA) is 69.9 Å². The maximum Gasteiger partial charge on any atom is 0.230 e. The molecule has 5 nitrogen and oxygen atoms in total. The van der Waals surface area contributed by atoms with Gasteiger partial charge in [0.2, 0.25) is 5.89 Å². The van der Waals surface area contributed by atoms with Crippen LogP contribution in [0.4, 0.5) is 5.69 Å². The molecule has 2 N–H and O–H groups in total. The highest BCUT2D eigenvalue weighted by Gasteiger charge is 2.14. The average molecular weight is 263 g/mol. The number of aromatic nitrogens is 3. The van der Waals surface area contributed by atoms with E-state index < -0.39 is 0 Å². The summed E-state index contributed by atoms with van der Waals surface area (Å²) in [5, 5.41) is 4.64. The quantitative estimate of drug-likeness (QED) is 0.685. The van der Waals surface area contributed by atoms with Crippen LogP contribution in [-0.4, -0.2) is 14.8 Å². The zero-order valence-electron chi connectivity index (χ0n) is 9.94. The monoisotopic (exact) mass is 262 g/mol. The molecule has 1 aromatic carbocycles. The zero-order valence-corrected chi connectivity index (χ0v) is 10.7. The van der Waals surface area contributed by atoms with E-state index in [0.29, 0.717) is 27.7 Å². The van der Waals surface area contributed by atoms with Crippen molar-refractivity contribution in [3.05, 3.63) is 29.0 Å². The third kappa shape index (κ3) is 1.55. The normalized spacial score (nSPS) is 11.3. The van der Waals surface area contributed by atoms with Gasteiger partial charge in [-0.05, 0) is 13.0 Å². The van der Waals surface area contributed by atoms with Gasteiger partial charge in [-0.15, -0.1) is 0 Å². The fraction of sp³-hybridized carbons (Fsp3) is 0.167. The van der Waals surface area contributed by atoms with Crippen molar-refractivity contribution in [1.29, 1.82) is 0 Å². The first-order valence-corrected chi connectivity index (χ1v) is 5.78. The molecule has 2 heterocycles. The highest BCUT2D eigenvalue weighted by Crippen LogP contribution is 2.30. The first-order chi connectivity index (χ1) is 8.56. The summed E-state index contributed by atoms with van der Waals surface area (Å²) in [5.74, 6) is 0.525. The van der Waals surface area contributed by atoms with Crippen molar-refractivity contribution in [2.75, 3.05) is 5.73 Å². The Balaban J connectivity index is 2.22. The lowest BCUT2D eigenvalue weighted by Gasteiger charge is -1.94. The van der Waals surface area contributed by atoms with Crippen LogP contribution in [0.25, 0.3) is 22.6 Å². The Morgan fingerprint density at radius 2 is 2.17 bits per heavy atom. The lowest BCUT2D eigenvalue weighted by molar-refractivity contribution is 0.619. The Bertz CT molecular complexity index is 705. The number of rotatable bonds is 1. The summed E-state index contributed by atoms with van der Waals surface area (Å²) in [7, 11) is 1.87. The van der Waals surface area contributed by atoms with Crippen LogP contribution in [0.5, 0.6) is 0 Å². The molecular formula is C12H11ClN4O. The number of nitrogen functional groups attached to an aromatic ring is 1. The number of fused-ring (bicyclic) bond motifs is 1. The number of hydrogen-bond acceptors (Lipinski definition) is 4. The minimum Gasteiger partial charge on any atom is -0.436 e. The molecule has 0 fully saturated rings. The third-order valence-corrected chi connectivity index (χ3v) is 3.30. The number of anilines is 1. The highest BCUT2D eigenvalue weighted by molar-refractivity contribution is 6.33. The molecule has 0 spiro atoms. The molecule has 0 aliphatic heterocycles. The predicted octanol–water partition coefficient (Wildman–Crippen LogP) is 2.77. The number of nitrogens with zero attached hydrogens (tertiary/aromatic N) is 3. The summed E-state index contributed by atoms with van der Waals surface area (Å²) in [6.45, 7) is 1.96. The number of halogens is 1. The first-order valence-electron chi connectivity index (χ1n) is 5.41. The Labute approximate surface area is 108 Å². The van der Waals surface area contributed by atoms with Gasteiger partial charge in [0.1, 0.15) is 5.52 Å². The average Bonchev–Trinajstić information content (AvgIpc) is 2.85. The molecule has 0 aliphatic carbocycles. The molecule has 92 valence electrons. The highest BCUT2D eigenvalue weighted by atomic mass is 35.5. The van der Waals surface area contributed by atoms with E-state index in [1.807, 2.05) is 14.0 Å². The molecule has 0 bridgehead atoms. The summed E-state index contributed by atoms with van der Waals surface area (Å²) in [6, 6.07) is 3.38. The lowest BCUT2D eigenvalue weighted by Crippen LogP contribution is -1.92. The van der Waals surface area contributed by atoms with Crippen LogP contribution < -0.4 is 5.73 Å². The van der Waals surface area contributed by atoms with Gasteiger partial charge in [-0.3, -0.25) is 4.68 Å². The largest absolute Gasteiger partial charge is 0.436 e. The van der Waals surface area contributed by atoms with Crippen molar-refractivity contribution >= 4 is 28.4 Å². The molecule has 18 heavy (non-hydrogen) atoms. The lowest BCUT2D eigenvalue weighted by atomic mass is 10.2. The van der Waals surface area contributed by atoms with E-state index in [0.717, 1.165) is 11.3 Å². The van der Waals surface area contributed by atoms with Gasteiger partial charge in [0.05, 0.1) is 22.5 Å². The van der Waals surface area contributed by atoms with Crippen LogP contribution in [0.15, 0.2) is 22.7 Å². The molecule has 0 unspecified atom stereocenters. The Morgan fingerprint density at radius 1 is 1.39 bits per heavy atom. The molecule has 0 radical (unpaired) electrons. The summed E-state index contributed by atoms with van der Waals surface area (Å²) in [5.41, 5.74) is 9.37. The summed E-state index contributed by atoms with van der Waals surface area (Å²) >= 11 is 5.96. The Hall–Kier alpha value is -2.01. The van der Waals surface area contributed by atoms with Crippen LogP contribution >= 0.6 is 11.6 Å². The molecule has 0 saturated heterocycles. The Kier molecular flexibility index (Phi) is 2.31. The number of aryl methyl sites for hydroxylation is 1. The van der Waals surface area contributed by atoms with E-state index in [-0.39, 0.29) is 0 Å². The second-order valence-electron chi connectivity index (χ2n) is 4.13. The third-order valence-electron chi connectivity index (χ3n) is 2.97. The second-order valence-corrected chi connectivity index (χ2v) is 4.53. The predicted molar refractivity (Wildman–Crippen MR) is 70.4 cm³/mol. The molecule has 0 aliphatic rings.